The van der Waals surface area contributed by atoms with Gasteiger partial charge in [0.05, 0.1) is 17.0 Å². The summed E-state index contributed by atoms with van der Waals surface area (Å²) in [5.74, 6) is -0.432. The predicted molar refractivity (Wildman–Crippen MR) is 96.7 cm³/mol. The SMILES string of the molecule is CC(=O)OCCc1c(C=O)n(S(=O)(=O)c2ccccc2)c2ccccc12. The van der Waals surface area contributed by atoms with E-state index in [2.05, 4.69) is 0 Å². The Bertz CT molecular complexity index is 1070. The van der Waals surface area contributed by atoms with Gasteiger partial charge >= 0.3 is 5.97 Å². The van der Waals surface area contributed by atoms with Crippen LogP contribution in [0, 0.1) is 0 Å². The molecule has 1 aromatic heterocycles. The van der Waals surface area contributed by atoms with Crippen LogP contribution in [0.5, 0.6) is 0 Å². The summed E-state index contributed by atoms with van der Waals surface area (Å²) in [4.78, 5) is 22.9. The fourth-order valence-corrected chi connectivity index (χ4v) is 4.47. The molecule has 0 N–H and O–H groups in total. The Morgan fingerprint density at radius 1 is 1.08 bits per heavy atom. The number of hydrogen-bond acceptors (Lipinski definition) is 5. The van der Waals surface area contributed by atoms with Crippen molar-refractivity contribution in [3.63, 3.8) is 0 Å². The van der Waals surface area contributed by atoms with Crippen molar-refractivity contribution in [1.29, 1.82) is 0 Å². The number of benzene rings is 2. The Kier molecular flexibility index (Phi) is 4.90. The lowest BCUT2D eigenvalue weighted by Gasteiger charge is -2.09. The van der Waals surface area contributed by atoms with Crippen LogP contribution in [-0.2, 0) is 26.0 Å². The smallest absolute Gasteiger partial charge is 0.302 e. The molecular weight excluding hydrogens is 354 g/mol. The molecule has 0 unspecified atom stereocenters. The van der Waals surface area contributed by atoms with Crippen molar-refractivity contribution in [3.8, 4) is 0 Å². The van der Waals surface area contributed by atoms with Crippen molar-refractivity contribution < 1.29 is 22.7 Å². The molecular formula is C19H17NO5S. The molecule has 0 bridgehead atoms. The molecule has 3 rings (SSSR count). The molecule has 134 valence electrons. The number of fused-ring (bicyclic) bond motifs is 1. The van der Waals surface area contributed by atoms with Crippen molar-refractivity contribution >= 4 is 33.2 Å². The Hall–Kier alpha value is -2.93. The molecule has 0 aliphatic heterocycles. The highest BCUT2D eigenvalue weighted by Gasteiger charge is 2.26. The number of carbonyl (C=O) groups is 2. The second-order valence-electron chi connectivity index (χ2n) is 5.67. The number of aromatic nitrogens is 1. The molecule has 0 saturated carbocycles. The van der Waals surface area contributed by atoms with Gasteiger partial charge < -0.3 is 4.74 Å². The maximum atomic E-state index is 13.1. The van der Waals surface area contributed by atoms with E-state index in [-0.39, 0.29) is 23.6 Å². The van der Waals surface area contributed by atoms with E-state index in [4.69, 9.17) is 4.74 Å². The lowest BCUT2D eigenvalue weighted by atomic mass is 10.1. The molecule has 0 aliphatic carbocycles. The molecule has 1 heterocycles. The van der Waals surface area contributed by atoms with Gasteiger partial charge in [0, 0.05) is 18.7 Å². The molecule has 0 fully saturated rings. The maximum absolute atomic E-state index is 13.1. The molecule has 7 heteroatoms. The number of ether oxygens (including phenoxy) is 1. The van der Waals surface area contributed by atoms with Crippen molar-refractivity contribution in [2.24, 2.45) is 0 Å². The average molecular weight is 371 g/mol. The van der Waals surface area contributed by atoms with Gasteiger partial charge in [0.1, 0.15) is 5.69 Å². The third-order valence-corrected chi connectivity index (χ3v) is 5.77. The molecule has 0 amide bonds. The number of para-hydroxylation sites is 1. The largest absolute Gasteiger partial charge is 0.466 e. The van der Waals surface area contributed by atoms with E-state index in [0.29, 0.717) is 22.8 Å². The Morgan fingerprint density at radius 3 is 2.38 bits per heavy atom. The topological polar surface area (TPSA) is 82.4 Å². The fraction of sp³-hybridized carbons (Fsp3) is 0.158. The maximum Gasteiger partial charge on any atom is 0.302 e. The van der Waals surface area contributed by atoms with Gasteiger partial charge in [0.2, 0.25) is 0 Å². The molecule has 2 aromatic carbocycles. The number of hydrogen-bond donors (Lipinski definition) is 0. The van der Waals surface area contributed by atoms with Crippen molar-refractivity contribution in [3.05, 3.63) is 65.9 Å². The Labute approximate surface area is 151 Å². The Morgan fingerprint density at radius 2 is 1.73 bits per heavy atom. The van der Waals surface area contributed by atoms with E-state index in [1.165, 1.54) is 19.1 Å². The van der Waals surface area contributed by atoms with Crippen LogP contribution in [0.3, 0.4) is 0 Å². The van der Waals surface area contributed by atoms with Crippen molar-refractivity contribution in [2.75, 3.05) is 6.61 Å². The molecule has 3 aromatic rings. The van der Waals surface area contributed by atoms with Gasteiger partial charge in [-0.25, -0.2) is 12.4 Å². The summed E-state index contributed by atoms with van der Waals surface area (Å²) in [5.41, 5.74) is 0.995. The highest BCUT2D eigenvalue weighted by Crippen LogP contribution is 2.30. The summed E-state index contributed by atoms with van der Waals surface area (Å²) < 4.78 is 32.3. The van der Waals surface area contributed by atoms with Crippen LogP contribution in [0.1, 0.15) is 23.0 Å². The summed E-state index contributed by atoms with van der Waals surface area (Å²) in [5, 5.41) is 0.640. The average Bonchev–Trinajstić information content (AvgIpc) is 2.96. The predicted octanol–water partition coefficient (Wildman–Crippen LogP) is 2.80. The van der Waals surface area contributed by atoms with E-state index in [0.717, 1.165) is 3.97 Å². The highest BCUT2D eigenvalue weighted by atomic mass is 32.2. The van der Waals surface area contributed by atoms with E-state index < -0.39 is 16.0 Å². The fourth-order valence-electron chi connectivity index (χ4n) is 2.93. The normalized spacial score (nSPS) is 11.4. The van der Waals surface area contributed by atoms with Gasteiger partial charge in [-0.15, -0.1) is 0 Å². The van der Waals surface area contributed by atoms with E-state index in [1.807, 2.05) is 0 Å². The van der Waals surface area contributed by atoms with Crippen LogP contribution < -0.4 is 0 Å². The van der Waals surface area contributed by atoms with E-state index >= 15 is 0 Å². The second-order valence-corrected chi connectivity index (χ2v) is 7.46. The summed E-state index contributed by atoms with van der Waals surface area (Å²) in [6.07, 6.45) is 0.773. The number of carbonyl (C=O) groups excluding carboxylic acids is 2. The van der Waals surface area contributed by atoms with Crippen LogP contribution in [-0.4, -0.2) is 31.3 Å². The van der Waals surface area contributed by atoms with Crippen LogP contribution in [0.4, 0.5) is 0 Å². The Balaban J connectivity index is 2.23. The molecule has 0 aliphatic rings. The number of esters is 1. The van der Waals surface area contributed by atoms with Crippen LogP contribution in [0.15, 0.2) is 59.5 Å². The van der Waals surface area contributed by atoms with Gasteiger partial charge in [-0.2, -0.15) is 0 Å². The molecule has 6 nitrogen and oxygen atoms in total. The summed E-state index contributed by atoms with van der Waals surface area (Å²) in [7, 11) is -3.95. The zero-order chi connectivity index (χ0) is 18.7. The molecule has 0 radical (unpaired) electrons. The molecule has 0 atom stereocenters. The third kappa shape index (κ3) is 3.13. The quantitative estimate of drug-likeness (QED) is 0.491. The first-order valence-corrected chi connectivity index (χ1v) is 9.42. The standard InChI is InChI=1S/C19H17NO5S/c1-14(22)25-12-11-17-16-9-5-6-10-18(16)20(19(17)13-21)26(23,24)15-7-3-2-4-8-15/h2-10,13H,11-12H2,1H3. The van der Waals surface area contributed by atoms with E-state index in [1.54, 1.807) is 42.5 Å². The minimum atomic E-state index is -3.95. The minimum Gasteiger partial charge on any atom is -0.466 e. The van der Waals surface area contributed by atoms with Gasteiger partial charge in [0.15, 0.2) is 6.29 Å². The highest BCUT2D eigenvalue weighted by molar-refractivity contribution is 7.90. The molecule has 0 spiro atoms. The van der Waals surface area contributed by atoms with Gasteiger partial charge in [-0.3, -0.25) is 9.59 Å². The van der Waals surface area contributed by atoms with E-state index in [9.17, 15) is 18.0 Å². The summed E-state index contributed by atoms with van der Waals surface area (Å²) in [6, 6.07) is 14.8. The lowest BCUT2D eigenvalue weighted by molar-refractivity contribution is -0.140. The van der Waals surface area contributed by atoms with Gasteiger partial charge in [-0.05, 0) is 23.8 Å². The first kappa shape index (κ1) is 17.9. The van der Waals surface area contributed by atoms with Gasteiger partial charge in [-0.1, -0.05) is 36.4 Å². The van der Waals surface area contributed by atoms with Crippen molar-refractivity contribution in [1.82, 2.24) is 3.97 Å². The summed E-state index contributed by atoms with van der Waals surface area (Å²) >= 11 is 0. The molecule has 0 saturated heterocycles. The first-order chi connectivity index (χ1) is 12.5. The van der Waals surface area contributed by atoms with Crippen LogP contribution in [0.25, 0.3) is 10.9 Å². The number of aldehydes is 1. The van der Waals surface area contributed by atoms with Crippen LogP contribution >= 0.6 is 0 Å². The summed E-state index contributed by atoms with van der Waals surface area (Å²) in [6.45, 7) is 1.36. The number of nitrogens with zero attached hydrogens (tertiary/aromatic N) is 1. The monoisotopic (exact) mass is 371 g/mol. The third-order valence-electron chi connectivity index (χ3n) is 4.03. The van der Waals surface area contributed by atoms with Gasteiger partial charge in [0.25, 0.3) is 10.0 Å². The first-order valence-electron chi connectivity index (χ1n) is 7.98. The second kappa shape index (κ2) is 7.13. The zero-order valence-electron chi connectivity index (χ0n) is 14.1. The lowest BCUT2D eigenvalue weighted by Crippen LogP contribution is -2.16. The zero-order valence-corrected chi connectivity index (χ0v) is 14.9. The molecule has 26 heavy (non-hydrogen) atoms. The minimum absolute atomic E-state index is 0.0437. The number of rotatable bonds is 6. The van der Waals surface area contributed by atoms with Crippen molar-refractivity contribution in [2.45, 2.75) is 18.2 Å². The van der Waals surface area contributed by atoms with Crippen LogP contribution in [0.2, 0.25) is 0 Å².